The van der Waals surface area contributed by atoms with Crippen molar-refractivity contribution in [2.24, 2.45) is 10.8 Å². The Hall–Kier alpha value is -2.78. The molecule has 110 valence electrons. The summed E-state index contributed by atoms with van der Waals surface area (Å²) in [6, 6.07) is 17.6. The molecule has 0 aromatic heterocycles. The molecule has 2 aromatic carbocycles. The topological polar surface area (TPSA) is 98.0 Å². The molecule has 0 spiro atoms. The second-order valence-electron chi connectivity index (χ2n) is 4.38. The summed E-state index contributed by atoms with van der Waals surface area (Å²) in [4.78, 5) is 1.21. The second-order valence-corrected chi connectivity index (χ2v) is 5.22. The van der Waals surface area contributed by atoms with Gasteiger partial charge in [-0.2, -0.15) is 10.4 Å². The Kier molecular flexibility index (Phi) is 5.17. The van der Waals surface area contributed by atoms with Crippen LogP contribution in [0, 0.1) is 16.7 Å². The number of amidine groups is 1. The predicted octanol–water partition coefficient (Wildman–Crippen LogP) is 3.30. The number of benzene rings is 2. The fourth-order valence-corrected chi connectivity index (χ4v) is 2.49. The molecule has 0 unspecified atom stereocenters. The van der Waals surface area contributed by atoms with E-state index in [1.807, 2.05) is 36.4 Å². The van der Waals surface area contributed by atoms with Crippen molar-refractivity contribution in [3.8, 4) is 17.2 Å². The third kappa shape index (κ3) is 3.65. The van der Waals surface area contributed by atoms with Crippen molar-refractivity contribution in [2.75, 3.05) is 11.7 Å². The van der Waals surface area contributed by atoms with Crippen LogP contribution in [0.3, 0.4) is 0 Å². The maximum Gasteiger partial charge on any atom is 0.201 e. The largest absolute Gasteiger partial charge is 0.382 e. The van der Waals surface area contributed by atoms with Gasteiger partial charge in [-0.15, -0.1) is 11.8 Å². The molecule has 0 atom stereocenters. The highest BCUT2D eigenvalue weighted by molar-refractivity contribution is 7.98. The molecule has 0 fully saturated rings. The summed E-state index contributed by atoms with van der Waals surface area (Å²) >= 11 is 1.70. The number of hydrogen-bond donors (Lipinski definition) is 3. The van der Waals surface area contributed by atoms with Gasteiger partial charge in [-0.3, -0.25) is 10.8 Å². The Morgan fingerprint density at radius 3 is 2.50 bits per heavy atom. The first-order chi connectivity index (χ1) is 10.7. The maximum absolute atomic E-state index is 8.78. The van der Waals surface area contributed by atoms with Gasteiger partial charge in [-0.1, -0.05) is 30.3 Å². The van der Waals surface area contributed by atoms with Gasteiger partial charge < -0.3 is 5.73 Å². The molecule has 4 N–H and O–H groups in total. The van der Waals surface area contributed by atoms with Crippen LogP contribution < -0.4 is 11.2 Å². The van der Waals surface area contributed by atoms with Crippen LogP contribution in [0.5, 0.6) is 0 Å². The van der Waals surface area contributed by atoms with E-state index < -0.39 is 0 Å². The summed E-state index contributed by atoms with van der Waals surface area (Å²) in [5, 5.41) is 19.8. The van der Waals surface area contributed by atoms with Crippen LogP contribution in [0.4, 0.5) is 5.69 Å². The summed E-state index contributed by atoms with van der Waals surface area (Å²) in [6.45, 7) is 0. The lowest BCUT2D eigenvalue weighted by Gasteiger charge is -2.08. The molecule has 0 saturated carbocycles. The van der Waals surface area contributed by atoms with Crippen LogP contribution >= 0.6 is 11.8 Å². The van der Waals surface area contributed by atoms with Crippen LogP contribution in [0.2, 0.25) is 0 Å². The first-order valence-electron chi connectivity index (χ1n) is 6.47. The van der Waals surface area contributed by atoms with E-state index >= 15 is 0 Å². The molecular formula is C16H15N5S. The molecule has 2 rings (SSSR count). The number of nitrogens with two attached hydrogens (primary N) is 1. The van der Waals surface area contributed by atoms with E-state index in [0.29, 0.717) is 0 Å². The zero-order valence-corrected chi connectivity index (χ0v) is 12.8. The van der Waals surface area contributed by atoms with E-state index in [9.17, 15) is 0 Å². The Morgan fingerprint density at radius 1 is 1.23 bits per heavy atom. The molecule has 0 radical (unpaired) electrons. The summed E-state index contributed by atoms with van der Waals surface area (Å²) in [5.41, 5.74) is 10.8. The van der Waals surface area contributed by atoms with Crippen molar-refractivity contribution in [3.05, 3.63) is 48.5 Å². The van der Waals surface area contributed by atoms with Crippen molar-refractivity contribution in [3.63, 3.8) is 0 Å². The minimum Gasteiger partial charge on any atom is -0.382 e. The van der Waals surface area contributed by atoms with Crippen LogP contribution in [-0.2, 0) is 0 Å². The Labute approximate surface area is 133 Å². The minimum absolute atomic E-state index is 0.142. The average molecular weight is 309 g/mol. The molecule has 0 bridgehead atoms. The highest BCUT2D eigenvalue weighted by Gasteiger charge is 2.04. The molecule has 2 aromatic rings. The van der Waals surface area contributed by atoms with Crippen molar-refractivity contribution >= 4 is 29.0 Å². The fraction of sp³-hybridized carbons (Fsp3) is 0.0625. The Balaban J connectivity index is 2.21. The molecule has 0 heterocycles. The SMILES string of the molecule is CSc1ccccc1-c1ccc(N/N=C(\C#N)C(=N)N)cc1. The van der Waals surface area contributed by atoms with Gasteiger partial charge in [0, 0.05) is 4.90 Å². The highest BCUT2D eigenvalue weighted by Crippen LogP contribution is 2.30. The molecule has 6 heteroatoms. The van der Waals surface area contributed by atoms with Gasteiger partial charge in [0.2, 0.25) is 5.71 Å². The van der Waals surface area contributed by atoms with Gasteiger partial charge in [0.05, 0.1) is 5.69 Å². The molecule has 0 aliphatic rings. The summed E-state index contributed by atoms with van der Waals surface area (Å²) in [6.07, 6.45) is 2.05. The third-order valence-corrected chi connectivity index (χ3v) is 3.76. The monoisotopic (exact) mass is 309 g/mol. The molecule has 5 nitrogen and oxygen atoms in total. The summed E-state index contributed by atoms with van der Waals surface area (Å²) in [5.74, 6) is -0.361. The molecule has 0 aliphatic carbocycles. The maximum atomic E-state index is 8.78. The van der Waals surface area contributed by atoms with Gasteiger partial charge in [-0.25, -0.2) is 0 Å². The number of rotatable bonds is 5. The molecular weight excluding hydrogens is 294 g/mol. The predicted molar refractivity (Wildman–Crippen MR) is 92.2 cm³/mol. The average Bonchev–Trinajstić information content (AvgIpc) is 2.55. The lowest BCUT2D eigenvalue weighted by molar-refractivity contribution is 1.33. The van der Waals surface area contributed by atoms with Crippen LogP contribution in [0.1, 0.15) is 0 Å². The number of hydrazone groups is 1. The molecule has 0 amide bonds. The van der Waals surface area contributed by atoms with E-state index in [4.69, 9.17) is 16.4 Å². The van der Waals surface area contributed by atoms with Crippen LogP contribution in [-0.4, -0.2) is 17.8 Å². The van der Waals surface area contributed by atoms with Crippen molar-refractivity contribution in [2.45, 2.75) is 4.90 Å². The van der Waals surface area contributed by atoms with E-state index in [1.54, 1.807) is 17.8 Å². The zero-order chi connectivity index (χ0) is 15.9. The highest BCUT2D eigenvalue weighted by atomic mass is 32.2. The van der Waals surface area contributed by atoms with E-state index in [1.165, 1.54) is 10.5 Å². The zero-order valence-electron chi connectivity index (χ0n) is 12.0. The second kappa shape index (κ2) is 7.29. The number of nitrogens with zero attached hydrogens (tertiary/aromatic N) is 2. The van der Waals surface area contributed by atoms with Gasteiger partial charge in [0.25, 0.3) is 0 Å². The lowest BCUT2D eigenvalue weighted by Crippen LogP contribution is -2.21. The number of anilines is 1. The van der Waals surface area contributed by atoms with E-state index in [-0.39, 0.29) is 11.5 Å². The minimum atomic E-state index is -0.361. The standard InChI is InChI=1S/C16H15N5S/c1-22-15-5-3-2-4-13(15)11-6-8-12(9-7-11)20-21-14(10-17)16(18)19/h2-9,20H,1H3,(H3,18,19)/b21-14+. The normalized spacial score (nSPS) is 10.8. The summed E-state index contributed by atoms with van der Waals surface area (Å²) < 4.78 is 0. The summed E-state index contributed by atoms with van der Waals surface area (Å²) in [7, 11) is 0. The van der Waals surface area contributed by atoms with E-state index in [2.05, 4.69) is 28.9 Å². The third-order valence-electron chi connectivity index (χ3n) is 2.96. The Morgan fingerprint density at radius 2 is 1.91 bits per heavy atom. The quantitative estimate of drug-likeness (QED) is 0.341. The first-order valence-corrected chi connectivity index (χ1v) is 7.70. The number of thioether (sulfide) groups is 1. The molecule has 0 aliphatic heterocycles. The Bertz CT molecular complexity index is 744. The van der Waals surface area contributed by atoms with Gasteiger partial charge in [-0.05, 0) is 35.6 Å². The molecule has 22 heavy (non-hydrogen) atoms. The van der Waals surface area contributed by atoms with Crippen molar-refractivity contribution in [1.29, 1.82) is 10.7 Å². The lowest BCUT2D eigenvalue weighted by atomic mass is 10.1. The van der Waals surface area contributed by atoms with Crippen LogP contribution in [0.15, 0.2) is 58.5 Å². The number of nitriles is 1. The van der Waals surface area contributed by atoms with Crippen LogP contribution in [0.25, 0.3) is 11.1 Å². The van der Waals surface area contributed by atoms with Crippen molar-refractivity contribution < 1.29 is 0 Å². The van der Waals surface area contributed by atoms with Crippen molar-refractivity contribution in [1.82, 2.24) is 0 Å². The fourth-order valence-electron chi connectivity index (χ4n) is 1.87. The number of hydrogen-bond acceptors (Lipinski definition) is 5. The van der Waals surface area contributed by atoms with Gasteiger partial charge >= 0.3 is 0 Å². The van der Waals surface area contributed by atoms with E-state index in [0.717, 1.165) is 11.3 Å². The smallest absolute Gasteiger partial charge is 0.201 e. The molecule has 0 saturated heterocycles. The van der Waals surface area contributed by atoms with Gasteiger partial charge in [0.15, 0.2) is 5.84 Å². The first kappa shape index (κ1) is 15.6. The number of nitrogens with one attached hydrogen (secondary N) is 2. The van der Waals surface area contributed by atoms with Gasteiger partial charge in [0.1, 0.15) is 6.07 Å².